The van der Waals surface area contributed by atoms with Crippen molar-refractivity contribution in [2.75, 3.05) is 92.5 Å². The Hall–Kier alpha value is -5.11. The molecule has 21 N–H and O–H groups in total. The molecule has 35 atom stereocenters. The molecule has 49 heteroatoms. The van der Waals surface area contributed by atoms with Crippen LogP contribution in [0.2, 0.25) is 0 Å². The van der Waals surface area contributed by atoms with Gasteiger partial charge in [-0.05, 0) is 0 Å². The standard InChI is InChI=1S/C56H84O49/c57-1-15-42-47(89-12-26(69)70)36(82)54(93-15)104-44-17(3-59)95-56(38(84)49(44)91-14-28(73)74)105-45-18(4-60)94-55(37(83)48(45)90-13-27(71)72)103-43-16(2-58)92-53(35(81)46(43)88-11-25(67)68)101-41-21(7-87-10-24(65)66)97-51(33(79)30(41)76)99-39-19(5-85-8-22(61)62)96-50(32(78)29(39)75)100-40-20(6-86-9-23(63)64)98-52(102-42)34(80)31(40)77/h15-21,29-60,75-84H,1-14H2,(H,61,62)(H,63,64)(H,65,66)(H,67,68)(H,69,70)(H,71,72)(H,73,74)/t15-,16-,17-,18-,19-,20-,21-,29-,30-,31-,32-,33-,34-,35-,36-,37-,38-,39-,40-,41-,42-,43-,44-,45-,46-,47-,48-,49-,50-,51-,52-,53-,54-,55-,56-/m1/s1. The first-order valence-corrected chi connectivity index (χ1v) is 31.9. The third-order valence-corrected chi connectivity index (χ3v) is 17.3. The first kappa shape index (κ1) is 85.5. The first-order valence-electron chi connectivity index (χ1n) is 31.9. The molecule has 49 nitrogen and oxygen atoms in total. The number of rotatable bonds is 28. The zero-order valence-electron chi connectivity index (χ0n) is 54.4. The van der Waals surface area contributed by atoms with Crippen LogP contribution >= 0.6 is 0 Å². The maximum absolute atomic E-state index is 12.1. The van der Waals surface area contributed by atoms with Gasteiger partial charge in [-0.25, -0.2) is 33.6 Å². The number of carbonyl (C=O) groups is 7. The molecule has 0 spiro atoms. The van der Waals surface area contributed by atoms with E-state index in [1.165, 1.54) is 0 Å². The number of aliphatic hydroxyl groups excluding tert-OH is 14. The van der Waals surface area contributed by atoms with Crippen LogP contribution in [0.5, 0.6) is 0 Å². The van der Waals surface area contributed by atoms with Crippen LogP contribution in [0.25, 0.3) is 0 Å². The van der Waals surface area contributed by atoms with Crippen LogP contribution in [-0.4, -0.2) is 456 Å². The number of carboxylic acids is 7. The van der Waals surface area contributed by atoms with Crippen molar-refractivity contribution in [1.29, 1.82) is 0 Å². The lowest BCUT2D eigenvalue weighted by Crippen LogP contribution is -2.69. The molecular formula is C56H84O49. The smallest absolute Gasteiger partial charge is 0.329 e. The molecule has 0 aromatic heterocycles. The Kier molecular flexibility index (Phi) is 31.8. The summed E-state index contributed by atoms with van der Waals surface area (Å²) < 4.78 is 121. The predicted molar refractivity (Wildman–Crippen MR) is 308 cm³/mol. The predicted octanol–water partition coefficient (Wildman–Crippen LogP) is -14.5. The van der Waals surface area contributed by atoms with Gasteiger partial charge in [-0.2, -0.15) is 0 Å². The molecule has 105 heavy (non-hydrogen) atoms. The van der Waals surface area contributed by atoms with Gasteiger partial charge in [0.15, 0.2) is 44.0 Å². The number of carboxylic acid groups (broad SMARTS) is 7. The summed E-state index contributed by atoms with van der Waals surface area (Å²) in [6.45, 7) is -16.8. The van der Waals surface area contributed by atoms with Crippen LogP contribution in [0.1, 0.15) is 0 Å². The molecule has 21 saturated heterocycles. The van der Waals surface area contributed by atoms with Crippen molar-refractivity contribution >= 4 is 41.8 Å². The van der Waals surface area contributed by atoms with Crippen molar-refractivity contribution in [1.82, 2.24) is 0 Å². The van der Waals surface area contributed by atoms with Gasteiger partial charge in [0.05, 0.1) is 46.2 Å². The SMILES string of the molecule is O=C(O)COC[C@H]1O[C@@H]2O[C@H]3[C@H](O)[C@@H](O)[C@@H](O[C@H]4[C@H](OCC(=O)O)[C@@H](O)[C@@H](O[C@H]5[C@H](OCC(=O)O)[C@@H](O)[C@@H](O[C@H]6[C@H](OCC(=O)O)[C@@H](O)[C@@H](O[C@H]7[C@H](OCC(=O)O)[C@@H](O)[C@@H](O[C@H]8[C@H](O)[C@@H](O)[C@@H](O[C@H]1[C@H](O)[C@H]2O)O[C@@H]8COCC(=O)O)O[C@@H]7CO)O[C@@H]6CO)O[C@@H]5CO)O[C@@H]4CO)O[C@@H]3COCC(=O)O. The average Bonchev–Trinajstić information content (AvgIpc) is 0.790. The van der Waals surface area contributed by atoms with Crippen LogP contribution in [0, 0.1) is 0 Å². The van der Waals surface area contributed by atoms with Crippen molar-refractivity contribution in [2.24, 2.45) is 0 Å². The molecule has 0 aliphatic carbocycles. The van der Waals surface area contributed by atoms with Crippen LogP contribution in [0.15, 0.2) is 0 Å². The first-order chi connectivity index (χ1) is 49.8. The summed E-state index contributed by atoms with van der Waals surface area (Å²) >= 11 is 0. The van der Waals surface area contributed by atoms with Gasteiger partial charge in [0, 0.05) is 0 Å². The van der Waals surface area contributed by atoms with Crippen molar-refractivity contribution in [3.8, 4) is 0 Å². The van der Waals surface area contributed by atoms with Gasteiger partial charge in [0.1, 0.15) is 217 Å². The van der Waals surface area contributed by atoms with E-state index in [1.54, 1.807) is 0 Å². The van der Waals surface area contributed by atoms with Gasteiger partial charge in [0.2, 0.25) is 0 Å². The number of hydrogen-bond acceptors (Lipinski definition) is 42. The molecule has 0 unspecified atom stereocenters. The lowest BCUT2D eigenvalue weighted by Gasteiger charge is -2.51. The Labute approximate surface area is 588 Å². The Morgan fingerprint density at radius 2 is 0.390 bits per heavy atom. The van der Waals surface area contributed by atoms with Crippen molar-refractivity contribution in [3.63, 3.8) is 0 Å². The van der Waals surface area contributed by atoms with E-state index >= 15 is 0 Å². The molecule has 14 bridgehead atoms. The highest BCUT2D eigenvalue weighted by molar-refractivity contribution is 5.70. The third-order valence-electron chi connectivity index (χ3n) is 17.3. The fourth-order valence-electron chi connectivity index (χ4n) is 12.5. The van der Waals surface area contributed by atoms with Crippen LogP contribution in [0.3, 0.4) is 0 Å². The monoisotopic (exact) mass is 1540 g/mol. The zero-order chi connectivity index (χ0) is 77.0. The maximum atomic E-state index is 12.1. The van der Waals surface area contributed by atoms with Gasteiger partial charge in [0.25, 0.3) is 0 Å². The second kappa shape index (κ2) is 39.0. The summed E-state index contributed by atoms with van der Waals surface area (Å²) in [6, 6.07) is 0. The lowest BCUT2D eigenvalue weighted by molar-refractivity contribution is -0.400. The molecule has 0 aromatic carbocycles. The van der Waals surface area contributed by atoms with E-state index in [0.29, 0.717) is 0 Å². The molecule has 0 amide bonds. The van der Waals surface area contributed by atoms with E-state index < -0.39 is 349 Å². The van der Waals surface area contributed by atoms with E-state index in [2.05, 4.69) is 0 Å². The average molecular weight is 1540 g/mol. The molecule has 21 rings (SSSR count). The minimum absolute atomic E-state index is 0.993. The van der Waals surface area contributed by atoms with Gasteiger partial charge in [-0.1, -0.05) is 0 Å². The van der Waals surface area contributed by atoms with Gasteiger partial charge < -0.3 is 207 Å². The maximum Gasteiger partial charge on any atom is 0.329 e. The summed E-state index contributed by atoms with van der Waals surface area (Å²) in [6.07, 6.45) is -78.6. The van der Waals surface area contributed by atoms with E-state index in [9.17, 15) is 141 Å². The summed E-state index contributed by atoms with van der Waals surface area (Å²) in [7, 11) is 0. The Balaban J connectivity index is 1.23. The molecule has 21 heterocycles. The van der Waals surface area contributed by atoms with Gasteiger partial charge in [-0.3, -0.25) is 0 Å². The number of aliphatic hydroxyl groups is 14. The normalized spacial score (nSPS) is 43.5. The Morgan fingerprint density at radius 3 is 0.571 bits per heavy atom. The minimum Gasteiger partial charge on any atom is -0.480 e. The van der Waals surface area contributed by atoms with Crippen molar-refractivity contribution in [2.45, 2.75) is 215 Å². The molecule has 602 valence electrons. The second-order valence-electron chi connectivity index (χ2n) is 24.5. The van der Waals surface area contributed by atoms with E-state index in [0.717, 1.165) is 0 Å². The van der Waals surface area contributed by atoms with E-state index in [1.807, 2.05) is 0 Å². The molecule has 21 aliphatic heterocycles. The number of ether oxygens (including phenoxy) is 21. The van der Waals surface area contributed by atoms with Crippen molar-refractivity contribution < 1.29 is 240 Å². The van der Waals surface area contributed by atoms with Crippen LogP contribution in [-0.2, 0) is 133 Å². The molecular weight excluding hydrogens is 1460 g/mol. The van der Waals surface area contributed by atoms with Gasteiger partial charge in [-0.15, -0.1) is 0 Å². The molecule has 21 aliphatic rings. The fourth-order valence-corrected chi connectivity index (χ4v) is 12.5. The summed E-state index contributed by atoms with van der Waals surface area (Å²) in [5, 5.41) is 231. The lowest BCUT2D eigenvalue weighted by atomic mass is 9.94. The molecule has 0 saturated carbocycles. The third kappa shape index (κ3) is 21.3. The van der Waals surface area contributed by atoms with Crippen LogP contribution in [0.4, 0.5) is 0 Å². The Bertz CT molecular complexity index is 2760. The highest BCUT2D eigenvalue weighted by atomic mass is 16.8. The topological polar surface area (TPSA) is 738 Å². The second-order valence-corrected chi connectivity index (χ2v) is 24.5. The quantitative estimate of drug-likeness (QED) is 0.0346. The summed E-state index contributed by atoms with van der Waals surface area (Å²) in [5.74, 6) is -11.8. The number of aliphatic carboxylic acids is 7. The minimum atomic E-state index is -2.48. The van der Waals surface area contributed by atoms with E-state index in [4.69, 9.17) is 99.5 Å². The highest BCUT2D eigenvalue weighted by Gasteiger charge is 2.61. The number of hydrogen-bond donors (Lipinski definition) is 21. The summed E-state index contributed by atoms with van der Waals surface area (Å²) in [5.41, 5.74) is 0. The molecule has 0 radical (unpaired) electrons. The zero-order valence-corrected chi connectivity index (χ0v) is 54.4. The fraction of sp³-hybridized carbons (Fsp3) is 0.875. The van der Waals surface area contributed by atoms with Crippen molar-refractivity contribution in [3.05, 3.63) is 0 Å². The van der Waals surface area contributed by atoms with E-state index in [-0.39, 0.29) is 0 Å². The van der Waals surface area contributed by atoms with Crippen LogP contribution < -0.4 is 0 Å². The molecule has 21 fully saturated rings. The highest BCUT2D eigenvalue weighted by Crippen LogP contribution is 2.41. The summed E-state index contributed by atoms with van der Waals surface area (Å²) in [4.78, 5) is 83.5. The van der Waals surface area contributed by atoms with Gasteiger partial charge >= 0.3 is 41.8 Å². The largest absolute Gasteiger partial charge is 0.480 e. The Morgan fingerprint density at radius 1 is 0.219 bits per heavy atom. The molecule has 0 aromatic rings.